The summed E-state index contributed by atoms with van der Waals surface area (Å²) in [6.45, 7) is 4.34. The summed E-state index contributed by atoms with van der Waals surface area (Å²) < 4.78 is 10.5. The molecule has 0 N–H and O–H groups in total. The SMILES string of the molecule is Cc1ccc2c(c1)CC(c1sc3c(Br)c(-c4[se]c5cc(C)ccc5c4Br)sc3c1Br)=C2Br. The molecule has 0 radical (unpaired) electrons. The van der Waals surface area contributed by atoms with Crippen LogP contribution in [0.15, 0.2) is 49.8 Å². The Kier molecular flexibility index (Phi) is 5.83. The van der Waals surface area contributed by atoms with Gasteiger partial charge in [0.1, 0.15) is 0 Å². The molecule has 1 aliphatic carbocycles. The van der Waals surface area contributed by atoms with E-state index in [9.17, 15) is 0 Å². The molecule has 0 spiro atoms. The molecule has 0 saturated carbocycles. The van der Waals surface area contributed by atoms with Gasteiger partial charge in [-0.05, 0) is 0 Å². The van der Waals surface area contributed by atoms with Crippen LogP contribution < -0.4 is 0 Å². The van der Waals surface area contributed by atoms with Gasteiger partial charge in [0.25, 0.3) is 0 Å². The van der Waals surface area contributed by atoms with Crippen LogP contribution in [-0.4, -0.2) is 14.5 Å². The van der Waals surface area contributed by atoms with Crippen molar-refractivity contribution in [2.75, 3.05) is 0 Å². The molecule has 3 aromatic heterocycles. The molecule has 0 amide bonds. The van der Waals surface area contributed by atoms with Crippen molar-refractivity contribution >= 4 is 130 Å². The third-order valence-electron chi connectivity index (χ3n) is 5.81. The first-order chi connectivity index (χ1) is 15.3. The molecular formula is C25H14Br4S2Se. The molecule has 2 aromatic carbocycles. The number of hydrogen-bond acceptors (Lipinski definition) is 2. The van der Waals surface area contributed by atoms with E-state index in [1.165, 1.54) is 79.0 Å². The standard InChI is InChI=1S/C25H14Br4S2Se/c1-10-3-5-13-12(7-10)9-15(17(13)26)21-19(28)22-23(30-21)20(29)24(31-22)25-18(27)14-6-4-11(2)8-16(14)32-25/h3-8H,9H2,1-2H3. The molecule has 160 valence electrons. The second kappa shape index (κ2) is 8.30. The van der Waals surface area contributed by atoms with Crippen LogP contribution in [0.4, 0.5) is 0 Å². The van der Waals surface area contributed by atoms with Crippen molar-refractivity contribution in [3.63, 3.8) is 0 Å². The summed E-state index contributed by atoms with van der Waals surface area (Å²) in [5, 5.41) is 1.35. The van der Waals surface area contributed by atoms with Crippen molar-refractivity contribution in [3.05, 3.63) is 76.9 Å². The normalized spacial score (nSPS) is 13.7. The molecule has 5 aromatic rings. The molecule has 0 bridgehead atoms. The number of hydrogen-bond donors (Lipinski definition) is 0. The van der Waals surface area contributed by atoms with Gasteiger partial charge in [0.15, 0.2) is 0 Å². The molecule has 32 heavy (non-hydrogen) atoms. The summed E-state index contributed by atoms with van der Waals surface area (Å²) in [4.78, 5) is 2.70. The van der Waals surface area contributed by atoms with E-state index in [0.717, 1.165) is 6.42 Å². The average Bonchev–Trinajstić information content (AvgIpc) is 3.45. The van der Waals surface area contributed by atoms with Gasteiger partial charge >= 0.3 is 237 Å². The summed E-state index contributed by atoms with van der Waals surface area (Å²) in [6, 6.07) is 13.5. The van der Waals surface area contributed by atoms with E-state index in [-0.39, 0.29) is 0 Å². The van der Waals surface area contributed by atoms with Crippen molar-refractivity contribution in [2.24, 2.45) is 0 Å². The van der Waals surface area contributed by atoms with E-state index in [0.29, 0.717) is 14.5 Å². The molecule has 7 heteroatoms. The molecule has 0 unspecified atom stereocenters. The van der Waals surface area contributed by atoms with Crippen molar-refractivity contribution in [1.29, 1.82) is 0 Å². The summed E-state index contributed by atoms with van der Waals surface area (Å²) in [6.07, 6.45) is 0.975. The van der Waals surface area contributed by atoms with Gasteiger partial charge in [0.05, 0.1) is 0 Å². The fourth-order valence-corrected chi connectivity index (χ4v) is 14.1. The number of fused-ring (bicyclic) bond motifs is 3. The monoisotopic (exact) mass is 774 g/mol. The van der Waals surface area contributed by atoms with Gasteiger partial charge in [-0.25, -0.2) is 0 Å². The Morgan fingerprint density at radius 1 is 0.781 bits per heavy atom. The Hall–Kier alpha value is 0.0195. The van der Waals surface area contributed by atoms with Crippen LogP contribution in [0.25, 0.3) is 38.4 Å². The van der Waals surface area contributed by atoms with Crippen molar-refractivity contribution < 1.29 is 0 Å². The average molecular weight is 777 g/mol. The number of benzene rings is 2. The maximum atomic E-state index is 3.98. The topological polar surface area (TPSA) is 0 Å². The summed E-state index contributed by atoms with van der Waals surface area (Å²) in [5.74, 6) is 0. The van der Waals surface area contributed by atoms with Crippen LogP contribution in [0.1, 0.15) is 27.1 Å². The van der Waals surface area contributed by atoms with Crippen LogP contribution in [-0.2, 0) is 6.42 Å². The van der Waals surface area contributed by atoms with Gasteiger partial charge in [0.2, 0.25) is 0 Å². The zero-order valence-electron chi connectivity index (χ0n) is 16.9. The van der Waals surface area contributed by atoms with E-state index >= 15 is 0 Å². The fourth-order valence-electron chi connectivity index (χ4n) is 4.23. The Labute approximate surface area is 234 Å². The van der Waals surface area contributed by atoms with E-state index < -0.39 is 0 Å². The molecule has 0 saturated heterocycles. The Balaban J connectivity index is 1.49. The third-order valence-corrected chi connectivity index (χ3v) is 16.1. The first kappa shape index (κ1) is 22.5. The molecule has 6 rings (SSSR count). The van der Waals surface area contributed by atoms with Crippen LogP contribution in [0.5, 0.6) is 0 Å². The van der Waals surface area contributed by atoms with Crippen LogP contribution in [0, 0.1) is 13.8 Å². The number of thiophene rings is 2. The van der Waals surface area contributed by atoms with Crippen LogP contribution in [0.3, 0.4) is 0 Å². The van der Waals surface area contributed by atoms with Gasteiger partial charge in [-0.3, -0.25) is 0 Å². The molecule has 0 atom stereocenters. The predicted molar refractivity (Wildman–Crippen MR) is 158 cm³/mol. The van der Waals surface area contributed by atoms with Gasteiger partial charge in [-0.15, -0.1) is 0 Å². The summed E-state index contributed by atoms with van der Waals surface area (Å²) in [5.41, 5.74) is 6.76. The summed E-state index contributed by atoms with van der Waals surface area (Å²) >= 11 is 19.9. The fraction of sp³-hybridized carbons (Fsp3) is 0.120. The first-order valence-corrected chi connectivity index (χ1v) is 16.4. The van der Waals surface area contributed by atoms with Crippen LogP contribution >= 0.6 is 86.4 Å². The van der Waals surface area contributed by atoms with E-state index in [2.05, 4.69) is 114 Å². The van der Waals surface area contributed by atoms with E-state index in [1.54, 1.807) is 0 Å². The van der Waals surface area contributed by atoms with Crippen molar-refractivity contribution in [2.45, 2.75) is 20.3 Å². The third kappa shape index (κ3) is 3.42. The van der Waals surface area contributed by atoms with Gasteiger partial charge in [0, 0.05) is 0 Å². The minimum absolute atomic E-state index is 0.307. The molecule has 1 aliphatic rings. The first-order valence-electron chi connectivity index (χ1n) is 9.91. The number of allylic oxidation sites excluding steroid dienone is 1. The van der Waals surface area contributed by atoms with Gasteiger partial charge in [-0.2, -0.15) is 0 Å². The second-order valence-corrected chi connectivity index (χ2v) is 15.4. The number of halogens is 4. The van der Waals surface area contributed by atoms with E-state index in [1.807, 2.05) is 22.7 Å². The maximum absolute atomic E-state index is 3.98. The predicted octanol–water partition coefficient (Wildman–Crippen LogP) is 10.6. The van der Waals surface area contributed by atoms with E-state index in [4.69, 9.17) is 0 Å². The van der Waals surface area contributed by atoms with Crippen molar-refractivity contribution in [1.82, 2.24) is 0 Å². The van der Waals surface area contributed by atoms with Gasteiger partial charge in [-0.1, -0.05) is 0 Å². The summed E-state index contributed by atoms with van der Waals surface area (Å²) in [7, 11) is 0. The minimum atomic E-state index is 0.307. The molecule has 0 fully saturated rings. The zero-order valence-corrected chi connectivity index (χ0v) is 26.6. The molecular weight excluding hydrogens is 763 g/mol. The number of aryl methyl sites for hydroxylation is 2. The van der Waals surface area contributed by atoms with Gasteiger partial charge < -0.3 is 0 Å². The van der Waals surface area contributed by atoms with Crippen molar-refractivity contribution in [3.8, 4) is 9.31 Å². The zero-order chi connectivity index (χ0) is 22.3. The molecule has 0 nitrogen and oxygen atoms in total. The number of rotatable bonds is 2. The quantitative estimate of drug-likeness (QED) is 0.157. The Bertz CT molecular complexity index is 1620. The Morgan fingerprint density at radius 3 is 2.22 bits per heavy atom. The second-order valence-electron chi connectivity index (χ2n) is 8.02. The molecule has 3 heterocycles. The van der Waals surface area contributed by atoms with Crippen LogP contribution in [0.2, 0.25) is 0 Å². The molecule has 0 aliphatic heterocycles. The Morgan fingerprint density at radius 2 is 1.44 bits per heavy atom.